The molecule has 0 bridgehead atoms. The van der Waals surface area contributed by atoms with Crippen LogP contribution < -0.4 is 0 Å². The van der Waals surface area contributed by atoms with Crippen LogP contribution in [0, 0.1) is 0 Å². The molecule has 0 aliphatic heterocycles. The van der Waals surface area contributed by atoms with Gasteiger partial charge in [-0.25, -0.2) is 9.59 Å². The first-order valence-electron chi connectivity index (χ1n) is 5.74. The normalized spacial score (nSPS) is 10.1. The van der Waals surface area contributed by atoms with Gasteiger partial charge in [0.05, 0.1) is 0 Å². The lowest BCUT2D eigenvalue weighted by atomic mass is 10.1. The summed E-state index contributed by atoms with van der Waals surface area (Å²) >= 11 is 0. The van der Waals surface area contributed by atoms with Gasteiger partial charge in [0.15, 0.2) is 0 Å². The van der Waals surface area contributed by atoms with Gasteiger partial charge in [0.25, 0.3) is 0 Å². The summed E-state index contributed by atoms with van der Waals surface area (Å²) in [6.07, 6.45) is 2.26. The summed E-state index contributed by atoms with van der Waals surface area (Å²) in [6.45, 7) is 1.13. The number of benzene rings is 1. The minimum Gasteiger partial charge on any atom is -0.478 e. The molecule has 0 aliphatic carbocycles. The molecule has 1 rings (SSSR count). The summed E-state index contributed by atoms with van der Waals surface area (Å²) in [7, 11) is 4.20. The molecule has 0 atom stereocenters. The van der Waals surface area contributed by atoms with Crippen molar-refractivity contribution >= 4 is 11.9 Å². The average Bonchev–Trinajstić information content (AvgIpc) is 2.36. The van der Waals surface area contributed by atoms with Gasteiger partial charge in [0.1, 0.15) is 0 Å². The smallest absolute Gasteiger partial charge is 0.328 e. The Hall–Kier alpha value is -2.14. The highest BCUT2D eigenvalue weighted by molar-refractivity contribution is 5.89. The highest BCUT2D eigenvalue weighted by Crippen LogP contribution is 1.99. The van der Waals surface area contributed by atoms with Crippen molar-refractivity contribution in [3.8, 4) is 0 Å². The number of rotatable bonds is 5. The molecule has 0 saturated carbocycles. The van der Waals surface area contributed by atoms with E-state index in [1.165, 1.54) is 5.56 Å². The molecule has 1 aromatic carbocycles. The summed E-state index contributed by atoms with van der Waals surface area (Å²) < 4.78 is 0. The lowest BCUT2D eigenvalue weighted by Crippen LogP contribution is -2.14. The van der Waals surface area contributed by atoms with Gasteiger partial charge in [-0.05, 0) is 26.1 Å². The molecule has 5 heteroatoms. The molecule has 2 N–H and O–H groups in total. The minimum absolute atomic E-state index is 0.558. The Bertz CT molecular complexity index is 397. The number of carbonyl (C=O) groups is 2. The van der Waals surface area contributed by atoms with Gasteiger partial charge in [-0.1, -0.05) is 30.3 Å². The topological polar surface area (TPSA) is 77.8 Å². The number of carboxylic acids is 2. The number of hydrogen-bond donors (Lipinski definition) is 2. The van der Waals surface area contributed by atoms with Crippen molar-refractivity contribution in [3.05, 3.63) is 48.0 Å². The van der Waals surface area contributed by atoms with E-state index in [1.54, 1.807) is 0 Å². The third-order valence-electron chi connectivity index (χ3n) is 2.06. The van der Waals surface area contributed by atoms with E-state index in [0.717, 1.165) is 13.0 Å². The zero-order valence-electron chi connectivity index (χ0n) is 11.1. The maximum Gasteiger partial charge on any atom is 0.328 e. The van der Waals surface area contributed by atoms with E-state index in [4.69, 9.17) is 10.2 Å². The Kier molecular flexibility index (Phi) is 8.74. The molecule has 1 aromatic rings. The summed E-state index contributed by atoms with van der Waals surface area (Å²) in [5.41, 5.74) is 1.42. The van der Waals surface area contributed by atoms with E-state index in [0.29, 0.717) is 12.2 Å². The predicted octanol–water partition coefficient (Wildman–Crippen LogP) is 1.50. The van der Waals surface area contributed by atoms with Crippen LogP contribution in [-0.2, 0) is 16.0 Å². The molecular formula is C14H19NO4. The first-order valence-corrected chi connectivity index (χ1v) is 5.74. The van der Waals surface area contributed by atoms with E-state index in [9.17, 15) is 9.59 Å². The second-order valence-electron chi connectivity index (χ2n) is 4.05. The molecule has 19 heavy (non-hydrogen) atoms. The van der Waals surface area contributed by atoms with Crippen LogP contribution in [0.4, 0.5) is 0 Å². The van der Waals surface area contributed by atoms with Gasteiger partial charge < -0.3 is 15.1 Å². The summed E-state index contributed by atoms with van der Waals surface area (Å²) in [6, 6.07) is 10.6. The van der Waals surface area contributed by atoms with Crippen LogP contribution in [0.2, 0.25) is 0 Å². The molecule has 5 nitrogen and oxygen atoms in total. The Morgan fingerprint density at radius 3 is 1.89 bits per heavy atom. The number of nitrogens with zero attached hydrogens (tertiary/aromatic N) is 1. The lowest BCUT2D eigenvalue weighted by molar-refractivity contribution is -0.134. The molecule has 0 radical (unpaired) electrons. The summed E-state index contributed by atoms with van der Waals surface area (Å²) in [5.74, 6) is -2.51. The van der Waals surface area contributed by atoms with Crippen LogP contribution in [-0.4, -0.2) is 47.7 Å². The monoisotopic (exact) mass is 265 g/mol. The molecule has 0 heterocycles. The maximum atomic E-state index is 9.55. The predicted molar refractivity (Wildman–Crippen MR) is 73.1 cm³/mol. The van der Waals surface area contributed by atoms with Crippen molar-refractivity contribution < 1.29 is 19.8 Å². The van der Waals surface area contributed by atoms with Crippen molar-refractivity contribution in [1.29, 1.82) is 0 Å². The number of carboxylic acid groups (broad SMARTS) is 2. The van der Waals surface area contributed by atoms with Crippen LogP contribution in [0.5, 0.6) is 0 Å². The van der Waals surface area contributed by atoms with E-state index in [-0.39, 0.29) is 0 Å². The zero-order chi connectivity index (χ0) is 14.7. The van der Waals surface area contributed by atoms with Crippen molar-refractivity contribution in [2.24, 2.45) is 0 Å². The Morgan fingerprint density at radius 2 is 1.53 bits per heavy atom. The van der Waals surface area contributed by atoms with E-state index < -0.39 is 11.9 Å². The molecule has 0 aromatic heterocycles. The van der Waals surface area contributed by atoms with Gasteiger partial charge >= 0.3 is 11.9 Å². The summed E-state index contributed by atoms with van der Waals surface area (Å²) in [4.78, 5) is 21.3. The van der Waals surface area contributed by atoms with Gasteiger partial charge in [-0.2, -0.15) is 0 Å². The fourth-order valence-electron chi connectivity index (χ4n) is 1.14. The number of hydrogen-bond acceptors (Lipinski definition) is 3. The highest BCUT2D eigenvalue weighted by Gasteiger charge is 1.91. The molecule has 0 unspecified atom stereocenters. The van der Waals surface area contributed by atoms with Gasteiger partial charge in [0, 0.05) is 18.7 Å². The number of likely N-dealkylation sites (N-methyl/N-ethyl adjacent to an activating group) is 1. The first-order chi connectivity index (χ1) is 8.91. The SMILES string of the molecule is CN(C)CCc1ccccc1.O=C(O)/C=C\C(=O)O. The lowest BCUT2D eigenvalue weighted by Gasteiger charge is -2.08. The van der Waals surface area contributed by atoms with Crippen molar-refractivity contribution in [2.45, 2.75) is 6.42 Å². The first kappa shape index (κ1) is 16.9. The molecular weight excluding hydrogens is 246 g/mol. The fourth-order valence-corrected chi connectivity index (χ4v) is 1.14. The van der Waals surface area contributed by atoms with Crippen LogP contribution in [0.25, 0.3) is 0 Å². The van der Waals surface area contributed by atoms with Gasteiger partial charge in [-0.3, -0.25) is 0 Å². The van der Waals surface area contributed by atoms with Crippen LogP contribution in [0.15, 0.2) is 42.5 Å². The van der Waals surface area contributed by atoms with Crippen LogP contribution in [0.1, 0.15) is 5.56 Å². The van der Waals surface area contributed by atoms with Crippen LogP contribution in [0.3, 0.4) is 0 Å². The molecule has 0 aliphatic rings. The van der Waals surface area contributed by atoms with Crippen molar-refractivity contribution in [1.82, 2.24) is 4.90 Å². The second kappa shape index (κ2) is 9.85. The maximum absolute atomic E-state index is 9.55. The average molecular weight is 265 g/mol. The van der Waals surface area contributed by atoms with Crippen LogP contribution >= 0.6 is 0 Å². The Balaban J connectivity index is 0.000000362. The zero-order valence-corrected chi connectivity index (χ0v) is 11.1. The van der Waals surface area contributed by atoms with E-state index in [1.807, 2.05) is 0 Å². The second-order valence-corrected chi connectivity index (χ2v) is 4.05. The van der Waals surface area contributed by atoms with Crippen molar-refractivity contribution in [3.63, 3.8) is 0 Å². The molecule has 0 amide bonds. The standard InChI is InChI=1S/C10H15N.C4H4O4/c1-11(2)9-8-10-6-4-3-5-7-10;5-3(6)1-2-4(7)8/h3-7H,8-9H2,1-2H3;1-2H,(H,5,6)(H,7,8)/b;2-1-. The third-order valence-corrected chi connectivity index (χ3v) is 2.06. The largest absolute Gasteiger partial charge is 0.478 e. The Labute approximate surface area is 112 Å². The Morgan fingerprint density at radius 1 is 1.05 bits per heavy atom. The highest BCUT2D eigenvalue weighted by atomic mass is 16.4. The van der Waals surface area contributed by atoms with Crippen molar-refractivity contribution in [2.75, 3.05) is 20.6 Å². The van der Waals surface area contributed by atoms with E-state index >= 15 is 0 Å². The fraction of sp³-hybridized carbons (Fsp3) is 0.286. The quantitative estimate of drug-likeness (QED) is 0.789. The summed E-state index contributed by atoms with van der Waals surface area (Å²) in [5, 5.41) is 15.6. The number of aliphatic carboxylic acids is 2. The molecule has 0 spiro atoms. The van der Waals surface area contributed by atoms with Gasteiger partial charge in [0.2, 0.25) is 0 Å². The van der Waals surface area contributed by atoms with E-state index in [2.05, 4.69) is 49.3 Å². The molecule has 0 fully saturated rings. The molecule has 104 valence electrons. The third kappa shape index (κ3) is 12.1. The molecule has 0 saturated heterocycles. The minimum atomic E-state index is -1.26. The van der Waals surface area contributed by atoms with Gasteiger partial charge in [-0.15, -0.1) is 0 Å².